The lowest BCUT2D eigenvalue weighted by molar-refractivity contribution is 0.485. The predicted molar refractivity (Wildman–Crippen MR) is 81.2 cm³/mol. The molecule has 1 atom stereocenters. The number of imidazole rings is 1. The second kappa shape index (κ2) is 6.23. The Labute approximate surface area is 126 Å². The number of alkyl halides is 1. The molecule has 19 heavy (non-hydrogen) atoms. The lowest BCUT2D eigenvalue weighted by Crippen LogP contribution is -2.08. The Bertz CT molecular complexity index is 582. The highest BCUT2D eigenvalue weighted by molar-refractivity contribution is 9.10. The van der Waals surface area contributed by atoms with Crippen molar-refractivity contribution >= 4 is 38.6 Å². The summed E-state index contributed by atoms with van der Waals surface area (Å²) in [5.74, 6) is 0.875. The van der Waals surface area contributed by atoms with Crippen LogP contribution in [0.5, 0.6) is 0 Å². The standard InChI is InChI=1S/C14H17BrClFN2/c1-3-4-5-9(2)19-13-7-11(17)10(15)6-12(13)18-14(19)8-16/h6-7,9H,3-5,8H2,1-2H3. The highest BCUT2D eigenvalue weighted by Gasteiger charge is 2.16. The van der Waals surface area contributed by atoms with E-state index in [9.17, 15) is 4.39 Å². The lowest BCUT2D eigenvalue weighted by Gasteiger charge is -2.16. The van der Waals surface area contributed by atoms with Gasteiger partial charge < -0.3 is 4.57 Å². The number of halogens is 3. The average Bonchev–Trinajstić information content (AvgIpc) is 2.74. The molecule has 1 aromatic carbocycles. The fourth-order valence-electron chi connectivity index (χ4n) is 2.36. The fourth-order valence-corrected chi connectivity index (χ4v) is 2.87. The van der Waals surface area contributed by atoms with E-state index < -0.39 is 0 Å². The molecule has 0 aliphatic rings. The highest BCUT2D eigenvalue weighted by atomic mass is 79.9. The van der Waals surface area contributed by atoms with Crippen molar-refractivity contribution in [2.75, 3.05) is 0 Å². The van der Waals surface area contributed by atoms with Crippen molar-refractivity contribution in [1.82, 2.24) is 9.55 Å². The second-order valence-electron chi connectivity index (χ2n) is 4.78. The number of benzene rings is 1. The normalized spacial score (nSPS) is 13.1. The Hall–Kier alpha value is -0.610. The minimum Gasteiger partial charge on any atom is -0.324 e. The van der Waals surface area contributed by atoms with Crippen LogP contribution in [0.1, 0.15) is 45.0 Å². The number of hydrogen-bond acceptors (Lipinski definition) is 1. The van der Waals surface area contributed by atoms with E-state index in [2.05, 4.69) is 39.3 Å². The summed E-state index contributed by atoms with van der Waals surface area (Å²) in [6, 6.07) is 3.52. The minimum atomic E-state index is -0.266. The molecule has 0 radical (unpaired) electrons. The summed E-state index contributed by atoms with van der Waals surface area (Å²) in [4.78, 5) is 4.50. The smallest absolute Gasteiger partial charge is 0.139 e. The zero-order chi connectivity index (χ0) is 14.0. The molecule has 0 aliphatic heterocycles. The van der Waals surface area contributed by atoms with Gasteiger partial charge in [-0.2, -0.15) is 0 Å². The number of unbranched alkanes of at least 4 members (excludes halogenated alkanes) is 1. The van der Waals surface area contributed by atoms with E-state index in [1.807, 2.05) is 0 Å². The number of hydrogen-bond donors (Lipinski definition) is 0. The number of rotatable bonds is 5. The predicted octanol–water partition coefficient (Wildman–Crippen LogP) is 5.43. The van der Waals surface area contributed by atoms with Gasteiger partial charge in [0, 0.05) is 12.1 Å². The largest absolute Gasteiger partial charge is 0.324 e. The first kappa shape index (κ1) is 14.8. The lowest BCUT2D eigenvalue weighted by atomic mass is 10.1. The summed E-state index contributed by atoms with van der Waals surface area (Å²) >= 11 is 9.17. The van der Waals surface area contributed by atoms with Gasteiger partial charge in [0.2, 0.25) is 0 Å². The molecule has 0 N–H and O–H groups in total. The third-order valence-electron chi connectivity index (χ3n) is 3.34. The molecule has 0 saturated heterocycles. The summed E-state index contributed by atoms with van der Waals surface area (Å²) in [5, 5.41) is 0. The number of fused-ring (bicyclic) bond motifs is 1. The van der Waals surface area contributed by atoms with Gasteiger partial charge in [-0.25, -0.2) is 9.37 Å². The Morgan fingerprint density at radius 3 is 2.84 bits per heavy atom. The van der Waals surface area contributed by atoms with E-state index in [0.717, 1.165) is 36.1 Å². The summed E-state index contributed by atoms with van der Waals surface area (Å²) in [7, 11) is 0. The molecule has 0 bridgehead atoms. The Balaban J connectivity index is 2.53. The Kier molecular flexibility index (Phi) is 4.85. The molecule has 0 saturated carbocycles. The molecular weight excluding hydrogens is 331 g/mol. The van der Waals surface area contributed by atoms with Crippen LogP contribution in [0, 0.1) is 5.82 Å². The van der Waals surface area contributed by atoms with Crippen LogP contribution in [0.2, 0.25) is 0 Å². The molecule has 0 aliphatic carbocycles. The van der Waals surface area contributed by atoms with E-state index in [1.54, 1.807) is 6.07 Å². The molecule has 1 heterocycles. The van der Waals surface area contributed by atoms with Gasteiger partial charge in [0.05, 0.1) is 21.4 Å². The molecule has 0 fully saturated rings. The number of aromatic nitrogens is 2. The van der Waals surface area contributed by atoms with Crippen LogP contribution in [0.4, 0.5) is 4.39 Å². The maximum Gasteiger partial charge on any atom is 0.139 e. The van der Waals surface area contributed by atoms with Crippen molar-refractivity contribution in [3.05, 3.63) is 28.2 Å². The van der Waals surface area contributed by atoms with Crippen LogP contribution in [-0.4, -0.2) is 9.55 Å². The monoisotopic (exact) mass is 346 g/mol. The van der Waals surface area contributed by atoms with Gasteiger partial charge in [0.1, 0.15) is 11.6 Å². The first-order valence-electron chi connectivity index (χ1n) is 6.50. The van der Waals surface area contributed by atoms with Crippen molar-refractivity contribution in [2.24, 2.45) is 0 Å². The topological polar surface area (TPSA) is 17.8 Å². The van der Waals surface area contributed by atoms with E-state index >= 15 is 0 Å². The van der Waals surface area contributed by atoms with Gasteiger partial charge in [-0.1, -0.05) is 19.8 Å². The molecule has 1 aromatic heterocycles. The van der Waals surface area contributed by atoms with Gasteiger partial charge in [-0.15, -0.1) is 11.6 Å². The molecule has 2 aromatic rings. The van der Waals surface area contributed by atoms with Crippen LogP contribution in [0.25, 0.3) is 11.0 Å². The Morgan fingerprint density at radius 1 is 1.47 bits per heavy atom. The SMILES string of the molecule is CCCCC(C)n1c(CCl)nc2cc(Br)c(F)cc21. The van der Waals surface area contributed by atoms with Gasteiger partial charge in [0.25, 0.3) is 0 Å². The summed E-state index contributed by atoms with van der Waals surface area (Å²) < 4.78 is 16.2. The molecule has 0 amide bonds. The fraction of sp³-hybridized carbons (Fsp3) is 0.500. The minimum absolute atomic E-state index is 0.266. The maximum absolute atomic E-state index is 13.7. The van der Waals surface area contributed by atoms with Crippen LogP contribution in [0.3, 0.4) is 0 Å². The molecule has 1 unspecified atom stereocenters. The summed E-state index contributed by atoms with van der Waals surface area (Å²) in [6.07, 6.45) is 3.33. The molecule has 5 heteroatoms. The molecular formula is C14H17BrClFN2. The van der Waals surface area contributed by atoms with Crippen LogP contribution in [0.15, 0.2) is 16.6 Å². The van der Waals surface area contributed by atoms with Gasteiger partial charge in [0.15, 0.2) is 0 Å². The molecule has 104 valence electrons. The number of nitrogens with zero attached hydrogens (tertiary/aromatic N) is 2. The average molecular weight is 348 g/mol. The molecule has 2 rings (SSSR count). The van der Waals surface area contributed by atoms with E-state index in [-0.39, 0.29) is 11.9 Å². The summed E-state index contributed by atoms with van der Waals surface area (Å²) in [5.41, 5.74) is 1.60. The van der Waals surface area contributed by atoms with Crippen molar-refractivity contribution < 1.29 is 4.39 Å². The second-order valence-corrected chi connectivity index (χ2v) is 5.90. The van der Waals surface area contributed by atoms with Crippen molar-refractivity contribution in [3.63, 3.8) is 0 Å². The van der Waals surface area contributed by atoms with Gasteiger partial charge in [-0.05, 0) is 35.3 Å². The van der Waals surface area contributed by atoms with Crippen molar-refractivity contribution in [2.45, 2.75) is 45.0 Å². The van der Waals surface area contributed by atoms with Crippen LogP contribution in [-0.2, 0) is 5.88 Å². The van der Waals surface area contributed by atoms with Gasteiger partial charge >= 0.3 is 0 Å². The first-order chi connectivity index (χ1) is 9.08. The zero-order valence-electron chi connectivity index (χ0n) is 11.1. The molecule has 0 spiro atoms. The van der Waals surface area contributed by atoms with E-state index in [1.165, 1.54) is 6.07 Å². The Morgan fingerprint density at radius 2 is 2.21 bits per heavy atom. The van der Waals surface area contributed by atoms with E-state index in [4.69, 9.17) is 11.6 Å². The van der Waals surface area contributed by atoms with Gasteiger partial charge in [-0.3, -0.25) is 0 Å². The highest BCUT2D eigenvalue weighted by Crippen LogP contribution is 2.29. The molecule has 2 nitrogen and oxygen atoms in total. The van der Waals surface area contributed by atoms with E-state index in [0.29, 0.717) is 10.4 Å². The third kappa shape index (κ3) is 2.95. The summed E-state index contributed by atoms with van der Waals surface area (Å²) in [6.45, 7) is 4.30. The van der Waals surface area contributed by atoms with Crippen LogP contribution >= 0.6 is 27.5 Å². The third-order valence-corrected chi connectivity index (χ3v) is 4.19. The maximum atomic E-state index is 13.7. The van der Waals surface area contributed by atoms with Crippen molar-refractivity contribution in [1.29, 1.82) is 0 Å². The quantitative estimate of drug-likeness (QED) is 0.660. The first-order valence-corrected chi connectivity index (χ1v) is 7.83. The van der Waals surface area contributed by atoms with Crippen molar-refractivity contribution in [3.8, 4) is 0 Å². The van der Waals surface area contributed by atoms with Crippen LogP contribution < -0.4 is 0 Å². The zero-order valence-corrected chi connectivity index (χ0v) is 13.4.